The number of rotatable bonds is 4. The molecule has 15 heavy (non-hydrogen) atoms. The van der Waals surface area contributed by atoms with Crippen LogP contribution in [0.25, 0.3) is 0 Å². The summed E-state index contributed by atoms with van der Waals surface area (Å²) in [6.07, 6.45) is 2.80. The summed E-state index contributed by atoms with van der Waals surface area (Å²) in [7, 11) is 0. The van der Waals surface area contributed by atoms with Gasteiger partial charge in [0.05, 0.1) is 0 Å². The Hall–Kier alpha value is -0.770. The van der Waals surface area contributed by atoms with Crippen molar-refractivity contribution in [3.8, 4) is 0 Å². The van der Waals surface area contributed by atoms with Gasteiger partial charge in [0.2, 0.25) is 0 Å². The maximum Gasteiger partial charge on any atom is 0.409 e. The lowest BCUT2D eigenvalue weighted by molar-refractivity contribution is 0.0339. The molecule has 2 N–H and O–H groups in total. The fourth-order valence-electron chi connectivity index (χ4n) is 1.32. The molecule has 0 aliphatic heterocycles. The van der Waals surface area contributed by atoms with Gasteiger partial charge in [-0.25, -0.2) is 4.79 Å². The van der Waals surface area contributed by atoms with Crippen LogP contribution in [0.1, 0.15) is 46.5 Å². The minimum atomic E-state index is -0.777. The van der Waals surface area contributed by atoms with E-state index in [0.29, 0.717) is 6.42 Å². The molecule has 1 aliphatic rings. The molecule has 88 valence electrons. The molecule has 1 saturated carbocycles. The molecule has 0 radical (unpaired) electrons. The Morgan fingerprint density at radius 1 is 1.53 bits per heavy atom. The Labute approximate surface area is 91.0 Å². The molecule has 0 bridgehead atoms. The Bertz CT molecular complexity index is 218. The molecule has 1 amide bonds. The van der Waals surface area contributed by atoms with E-state index in [1.54, 1.807) is 20.8 Å². The minimum absolute atomic E-state index is 0.514. The lowest BCUT2D eigenvalue weighted by atomic mass is 10.2. The topological polar surface area (TPSA) is 58.6 Å². The molecule has 0 spiro atoms. The smallest absolute Gasteiger partial charge is 0.409 e. The molecule has 0 saturated heterocycles. The number of hydrogen-bond donors (Lipinski definition) is 2. The molecule has 4 nitrogen and oxygen atoms in total. The van der Waals surface area contributed by atoms with Gasteiger partial charge in [0, 0.05) is 0 Å². The van der Waals surface area contributed by atoms with Crippen LogP contribution in [0.3, 0.4) is 0 Å². The predicted molar refractivity (Wildman–Crippen MR) is 57.3 cm³/mol. The maximum atomic E-state index is 11.2. The van der Waals surface area contributed by atoms with Crippen molar-refractivity contribution in [2.75, 3.05) is 0 Å². The molecule has 1 fully saturated rings. The van der Waals surface area contributed by atoms with Crippen LogP contribution < -0.4 is 5.32 Å². The Morgan fingerprint density at radius 3 is 2.60 bits per heavy atom. The molecule has 1 rings (SSSR count). The highest BCUT2D eigenvalue weighted by Crippen LogP contribution is 2.33. The minimum Gasteiger partial charge on any atom is -0.444 e. The number of carbonyl (C=O) groups is 1. The third-order valence-electron chi connectivity index (χ3n) is 2.23. The fourth-order valence-corrected chi connectivity index (χ4v) is 1.32. The van der Waals surface area contributed by atoms with Crippen LogP contribution in [0, 0.1) is 5.92 Å². The van der Waals surface area contributed by atoms with Gasteiger partial charge in [-0.2, -0.15) is 0 Å². The van der Waals surface area contributed by atoms with Gasteiger partial charge in [-0.1, -0.05) is 12.8 Å². The standard InChI is InChI=1S/C11H21NO3/c1-11(2,3)15-10(14)12-9(13)7-6-8-4-5-8/h8-9,13H,4-7H2,1-3H3,(H,12,14)/t9-/m0/s1. The largest absolute Gasteiger partial charge is 0.444 e. The summed E-state index contributed by atoms with van der Waals surface area (Å²) in [6, 6.07) is 0. The van der Waals surface area contributed by atoms with E-state index in [-0.39, 0.29) is 0 Å². The van der Waals surface area contributed by atoms with Crippen molar-refractivity contribution in [2.45, 2.75) is 58.3 Å². The second kappa shape index (κ2) is 4.84. The van der Waals surface area contributed by atoms with Gasteiger partial charge in [0.1, 0.15) is 11.8 Å². The van der Waals surface area contributed by atoms with E-state index < -0.39 is 17.9 Å². The lowest BCUT2D eigenvalue weighted by Crippen LogP contribution is -2.39. The first-order valence-electron chi connectivity index (χ1n) is 5.54. The monoisotopic (exact) mass is 215 g/mol. The van der Waals surface area contributed by atoms with Crippen LogP contribution in [0.15, 0.2) is 0 Å². The van der Waals surface area contributed by atoms with Crippen molar-refractivity contribution in [1.29, 1.82) is 0 Å². The Morgan fingerprint density at radius 2 is 2.13 bits per heavy atom. The predicted octanol–water partition coefficient (Wildman–Crippen LogP) is 2.02. The SMILES string of the molecule is CC(C)(C)OC(=O)N[C@@H](O)CCC1CC1. The van der Waals surface area contributed by atoms with Gasteiger partial charge < -0.3 is 9.84 Å². The molecular weight excluding hydrogens is 194 g/mol. The highest BCUT2D eigenvalue weighted by Gasteiger charge is 2.23. The van der Waals surface area contributed by atoms with E-state index in [1.807, 2.05) is 0 Å². The summed E-state index contributed by atoms with van der Waals surface area (Å²) in [6.45, 7) is 5.38. The average Bonchev–Trinajstić information content (AvgIpc) is 2.79. The fraction of sp³-hybridized carbons (Fsp3) is 0.909. The molecule has 1 atom stereocenters. The molecule has 0 aromatic carbocycles. The number of ether oxygens (including phenoxy) is 1. The summed E-state index contributed by atoms with van der Waals surface area (Å²) < 4.78 is 5.02. The Balaban J connectivity index is 2.12. The highest BCUT2D eigenvalue weighted by molar-refractivity contribution is 5.67. The van der Waals surface area contributed by atoms with Crippen molar-refractivity contribution < 1.29 is 14.6 Å². The molecule has 0 heterocycles. The Kier molecular flexibility index (Phi) is 3.97. The van der Waals surface area contributed by atoms with E-state index in [4.69, 9.17) is 4.74 Å². The van der Waals surface area contributed by atoms with Gasteiger partial charge in [-0.3, -0.25) is 5.32 Å². The van der Waals surface area contributed by atoms with E-state index in [2.05, 4.69) is 5.32 Å². The second-order valence-electron chi connectivity index (χ2n) is 5.18. The molecular formula is C11H21NO3. The van der Waals surface area contributed by atoms with Crippen LogP contribution in [-0.4, -0.2) is 23.0 Å². The molecule has 4 heteroatoms. The number of hydrogen-bond acceptors (Lipinski definition) is 3. The first-order valence-corrected chi connectivity index (χ1v) is 5.54. The zero-order valence-corrected chi connectivity index (χ0v) is 9.75. The van der Waals surface area contributed by atoms with Gasteiger partial charge >= 0.3 is 6.09 Å². The summed E-state index contributed by atoms with van der Waals surface area (Å²) in [5, 5.41) is 11.9. The highest BCUT2D eigenvalue weighted by atomic mass is 16.6. The molecule has 0 aromatic rings. The van der Waals surface area contributed by atoms with E-state index in [0.717, 1.165) is 12.3 Å². The number of aliphatic hydroxyl groups is 1. The van der Waals surface area contributed by atoms with Crippen molar-refractivity contribution in [3.63, 3.8) is 0 Å². The van der Waals surface area contributed by atoms with E-state index in [9.17, 15) is 9.90 Å². The number of carbonyl (C=O) groups excluding carboxylic acids is 1. The molecule has 0 unspecified atom stereocenters. The first kappa shape index (κ1) is 12.3. The van der Waals surface area contributed by atoms with Crippen molar-refractivity contribution >= 4 is 6.09 Å². The third-order valence-corrected chi connectivity index (χ3v) is 2.23. The number of aliphatic hydroxyl groups excluding tert-OH is 1. The summed E-state index contributed by atoms with van der Waals surface area (Å²) in [5.74, 6) is 0.764. The van der Waals surface area contributed by atoms with Crippen LogP contribution >= 0.6 is 0 Å². The lowest BCUT2D eigenvalue weighted by Gasteiger charge is -2.21. The van der Waals surface area contributed by atoms with Crippen molar-refractivity contribution in [2.24, 2.45) is 5.92 Å². The van der Waals surface area contributed by atoms with Gasteiger partial charge in [0.15, 0.2) is 0 Å². The first-order chi connectivity index (χ1) is 6.87. The molecule has 1 aliphatic carbocycles. The van der Waals surface area contributed by atoms with Crippen molar-refractivity contribution in [3.05, 3.63) is 0 Å². The van der Waals surface area contributed by atoms with Gasteiger partial charge in [0.25, 0.3) is 0 Å². The second-order valence-corrected chi connectivity index (χ2v) is 5.18. The molecule has 0 aromatic heterocycles. The average molecular weight is 215 g/mol. The summed E-state index contributed by atoms with van der Waals surface area (Å²) >= 11 is 0. The van der Waals surface area contributed by atoms with Crippen molar-refractivity contribution in [1.82, 2.24) is 5.32 Å². The van der Waals surface area contributed by atoms with Crippen LogP contribution in [-0.2, 0) is 4.74 Å². The summed E-state index contributed by atoms with van der Waals surface area (Å²) in [4.78, 5) is 11.2. The summed E-state index contributed by atoms with van der Waals surface area (Å²) in [5.41, 5.74) is -0.514. The van der Waals surface area contributed by atoms with Crippen LogP contribution in [0.4, 0.5) is 4.79 Å². The number of amides is 1. The van der Waals surface area contributed by atoms with Crippen LogP contribution in [0.5, 0.6) is 0 Å². The third kappa shape index (κ3) is 6.33. The quantitative estimate of drug-likeness (QED) is 0.705. The zero-order chi connectivity index (χ0) is 11.5. The van der Waals surface area contributed by atoms with E-state index >= 15 is 0 Å². The van der Waals surface area contributed by atoms with Gasteiger partial charge in [-0.05, 0) is 39.5 Å². The number of nitrogens with one attached hydrogen (secondary N) is 1. The number of alkyl carbamates (subject to hydrolysis) is 1. The van der Waals surface area contributed by atoms with Crippen LogP contribution in [0.2, 0.25) is 0 Å². The van der Waals surface area contributed by atoms with Gasteiger partial charge in [-0.15, -0.1) is 0 Å². The maximum absolute atomic E-state index is 11.2. The zero-order valence-electron chi connectivity index (χ0n) is 9.75. The normalized spacial score (nSPS) is 18.4. The van der Waals surface area contributed by atoms with E-state index in [1.165, 1.54) is 12.8 Å².